The third-order valence-electron chi connectivity index (χ3n) is 2.94. The minimum absolute atomic E-state index is 0.138. The SMILES string of the molecule is O=C(CN1CCNCC1)OCCc1cccnc1. The van der Waals surface area contributed by atoms with E-state index in [2.05, 4.69) is 15.2 Å². The van der Waals surface area contributed by atoms with Gasteiger partial charge in [0.2, 0.25) is 0 Å². The summed E-state index contributed by atoms with van der Waals surface area (Å²) in [5.41, 5.74) is 1.09. The number of rotatable bonds is 5. The van der Waals surface area contributed by atoms with Gasteiger partial charge in [-0.25, -0.2) is 0 Å². The summed E-state index contributed by atoms with van der Waals surface area (Å²) in [4.78, 5) is 17.7. The molecular formula is C13H19N3O2. The zero-order chi connectivity index (χ0) is 12.6. The highest BCUT2D eigenvalue weighted by Crippen LogP contribution is 1.98. The van der Waals surface area contributed by atoms with Crippen LogP contribution >= 0.6 is 0 Å². The second kappa shape index (κ2) is 7.08. The Kier molecular flexibility index (Phi) is 5.11. The first kappa shape index (κ1) is 13.0. The molecule has 1 fully saturated rings. The molecule has 1 saturated heterocycles. The molecule has 0 saturated carbocycles. The number of pyridine rings is 1. The van der Waals surface area contributed by atoms with Crippen molar-refractivity contribution in [3.8, 4) is 0 Å². The van der Waals surface area contributed by atoms with Gasteiger partial charge in [-0.3, -0.25) is 14.7 Å². The van der Waals surface area contributed by atoms with Crippen LogP contribution < -0.4 is 5.32 Å². The van der Waals surface area contributed by atoms with E-state index in [1.807, 2.05) is 12.1 Å². The minimum Gasteiger partial charge on any atom is -0.464 e. The molecule has 2 rings (SSSR count). The maximum absolute atomic E-state index is 11.6. The molecule has 18 heavy (non-hydrogen) atoms. The first-order valence-electron chi connectivity index (χ1n) is 6.32. The molecule has 0 aliphatic carbocycles. The van der Waals surface area contributed by atoms with E-state index in [0.29, 0.717) is 13.2 Å². The molecule has 1 N–H and O–H groups in total. The van der Waals surface area contributed by atoms with Gasteiger partial charge >= 0.3 is 5.97 Å². The second-order valence-corrected chi connectivity index (χ2v) is 4.36. The van der Waals surface area contributed by atoms with Crippen LogP contribution in [0.2, 0.25) is 0 Å². The summed E-state index contributed by atoms with van der Waals surface area (Å²) in [5.74, 6) is -0.138. The van der Waals surface area contributed by atoms with Crippen molar-refractivity contribution in [2.24, 2.45) is 0 Å². The van der Waals surface area contributed by atoms with Crippen molar-refractivity contribution in [3.05, 3.63) is 30.1 Å². The van der Waals surface area contributed by atoms with Crippen molar-refractivity contribution < 1.29 is 9.53 Å². The lowest BCUT2D eigenvalue weighted by atomic mass is 10.2. The van der Waals surface area contributed by atoms with Crippen molar-refractivity contribution in [2.45, 2.75) is 6.42 Å². The maximum atomic E-state index is 11.6. The summed E-state index contributed by atoms with van der Waals surface area (Å²) < 4.78 is 5.22. The largest absolute Gasteiger partial charge is 0.464 e. The highest BCUT2D eigenvalue weighted by atomic mass is 16.5. The normalized spacial score (nSPS) is 16.4. The molecule has 0 bridgehead atoms. The lowest BCUT2D eigenvalue weighted by molar-refractivity contribution is -0.145. The Labute approximate surface area is 107 Å². The highest BCUT2D eigenvalue weighted by Gasteiger charge is 2.13. The van der Waals surface area contributed by atoms with Crippen LogP contribution in [-0.2, 0) is 16.0 Å². The average Bonchev–Trinajstić information content (AvgIpc) is 2.41. The number of carbonyl (C=O) groups excluding carboxylic acids is 1. The summed E-state index contributed by atoms with van der Waals surface area (Å²) in [5, 5.41) is 3.25. The number of hydrogen-bond acceptors (Lipinski definition) is 5. The van der Waals surface area contributed by atoms with E-state index in [4.69, 9.17) is 4.74 Å². The third kappa shape index (κ3) is 4.43. The third-order valence-corrected chi connectivity index (χ3v) is 2.94. The van der Waals surface area contributed by atoms with Gasteiger partial charge in [0.05, 0.1) is 13.2 Å². The van der Waals surface area contributed by atoms with Gasteiger partial charge in [0, 0.05) is 45.0 Å². The molecule has 1 aromatic rings. The zero-order valence-corrected chi connectivity index (χ0v) is 10.5. The Morgan fingerprint density at radius 1 is 1.44 bits per heavy atom. The first-order valence-corrected chi connectivity index (χ1v) is 6.32. The molecular weight excluding hydrogens is 230 g/mol. The quantitative estimate of drug-likeness (QED) is 0.749. The van der Waals surface area contributed by atoms with Crippen LogP contribution in [0.4, 0.5) is 0 Å². The zero-order valence-electron chi connectivity index (χ0n) is 10.5. The van der Waals surface area contributed by atoms with E-state index in [0.717, 1.165) is 38.2 Å². The number of carbonyl (C=O) groups is 1. The van der Waals surface area contributed by atoms with Crippen LogP contribution in [0.25, 0.3) is 0 Å². The van der Waals surface area contributed by atoms with Crippen molar-refractivity contribution in [3.63, 3.8) is 0 Å². The van der Waals surface area contributed by atoms with Gasteiger partial charge in [-0.15, -0.1) is 0 Å². The number of esters is 1. The fourth-order valence-electron chi connectivity index (χ4n) is 1.93. The molecule has 0 unspecified atom stereocenters. The van der Waals surface area contributed by atoms with Crippen molar-refractivity contribution >= 4 is 5.97 Å². The van der Waals surface area contributed by atoms with Gasteiger partial charge in [-0.05, 0) is 11.6 Å². The van der Waals surface area contributed by atoms with Crippen LogP contribution in [0.5, 0.6) is 0 Å². The molecule has 5 nitrogen and oxygen atoms in total. The number of ether oxygens (including phenoxy) is 1. The topological polar surface area (TPSA) is 54.5 Å². The lowest BCUT2D eigenvalue weighted by Crippen LogP contribution is -2.45. The van der Waals surface area contributed by atoms with Gasteiger partial charge < -0.3 is 10.1 Å². The van der Waals surface area contributed by atoms with E-state index < -0.39 is 0 Å². The molecule has 0 radical (unpaired) electrons. The summed E-state index contributed by atoms with van der Waals surface area (Å²) in [7, 11) is 0. The Hall–Kier alpha value is -1.46. The molecule has 98 valence electrons. The predicted molar refractivity (Wildman–Crippen MR) is 68.2 cm³/mol. The molecule has 0 amide bonds. The van der Waals surface area contributed by atoms with Crippen molar-refractivity contribution in [1.82, 2.24) is 15.2 Å². The summed E-state index contributed by atoms with van der Waals surface area (Å²) >= 11 is 0. The Morgan fingerprint density at radius 2 is 2.28 bits per heavy atom. The van der Waals surface area contributed by atoms with Crippen LogP contribution in [-0.4, -0.2) is 55.2 Å². The fourth-order valence-corrected chi connectivity index (χ4v) is 1.93. The van der Waals surface area contributed by atoms with Crippen LogP contribution in [0.15, 0.2) is 24.5 Å². The maximum Gasteiger partial charge on any atom is 0.320 e. The van der Waals surface area contributed by atoms with Crippen LogP contribution in [0.1, 0.15) is 5.56 Å². The van der Waals surface area contributed by atoms with Crippen LogP contribution in [0.3, 0.4) is 0 Å². The molecule has 0 spiro atoms. The number of nitrogens with zero attached hydrogens (tertiary/aromatic N) is 2. The first-order chi connectivity index (χ1) is 8.84. The van der Waals surface area contributed by atoms with E-state index in [1.54, 1.807) is 12.4 Å². The predicted octanol–water partition coefficient (Wildman–Crippen LogP) is 0.0725. The molecule has 2 heterocycles. The Bertz CT molecular complexity index is 364. The van der Waals surface area contributed by atoms with Crippen LogP contribution in [0, 0.1) is 0 Å². The van der Waals surface area contributed by atoms with E-state index in [-0.39, 0.29) is 5.97 Å². The smallest absolute Gasteiger partial charge is 0.320 e. The summed E-state index contributed by atoms with van der Waals surface area (Å²) in [6, 6.07) is 3.87. The van der Waals surface area contributed by atoms with Crippen molar-refractivity contribution in [2.75, 3.05) is 39.3 Å². The molecule has 5 heteroatoms. The standard InChI is InChI=1S/C13H19N3O2/c17-13(11-16-7-5-14-6-8-16)18-9-3-12-2-1-4-15-10-12/h1-2,4,10,14H,3,5-9,11H2. The summed E-state index contributed by atoms with van der Waals surface area (Å²) in [6.07, 6.45) is 4.26. The van der Waals surface area contributed by atoms with Gasteiger partial charge in [-0.1, -0.05) is 6.07 Å². The number of nitrogens with one attached hydrogen (secondary N) is 1. The average molecular weight is 249 g/mol. The van der Waals surface area contributed by atoms with Gasteiger partial charge in [0.25, 0.3) is 0 Å². The Balaban J connectivity index is 1.62. The number of hydrogen-bond donors (Lipinski definition) is 1. The lowest BCUT2D eigenvalue weighted by Gasteiger charge is -2.25. The molecule has 1 aromatic heterocycles. The van der Waals surface area contributed by atoms with E-state index in [1.165, 1.54) is 0 Å². The molecule has 0 atom stereocenters. The highest BCUT2D eigenvalue weighted by molar-refractivity contribution is 5.71. The molecule has 1 aliphatic heterocycles. The van der Waals surface area contributed by atoms with Gasteiger partial charge in [0.1, 0.15) is 0 Å². The second-order valence-electron chi connectivity index (χ2n) is 4.36. The number of aromatic nitrogens is 1. The van der Waals surface area contributed by atoms with Gasteiger partial charge in [-0.2, -0.15) is 0 Å². The van der Waals surface area contributed by atoms with E-state index in [9.17, 15) is 4.79 Å². The van der Waals surface area contributed by atoms with Crippen molar-refractivity contribution in [1.29, 1.82) is 0 Å². The fraction of sp³-hybridized carbons (Fsp3) is 0.538. The van der Waals surface area contributed by atoms with E-state index >= 15 is 0 Å². The molecule has 0 aromatic carbocycles. The number of piperazine rings is 1. The minimum atomic E-state index is -0.138. The summed E-state index contributed by atoms with van der Waals surface area (Å²) in [6.45, 7) is 4.55. The van der Waals surface area contributed by atoms with Gasteiger partial charge in [0.15, 0.2) is 0 Å². The monoisotopic (exact) mass is 249 g/mol. The Morgan fingerprint density at radius 3 is 3.00 bits per heavy atom. The molecule has 1 aliphatic rings.